The number of aliphatic hydroxyl groups excluding tert-OH is 1. The molecular formula is C27H28N4O4S. The maximum absolute atomic E-state index is 13.8. The summed E-state index contributed by atoms with van der Waals surface area (Å²) in [5, 5.41) is 11.7. The number of carbonyl (C=O) groups excluding carboxylic acids is 2. The van der Waals surface area contributed by atoms with Gasteiger partial charge in [0.05, 0.1) is 35.1 Å². The van der Waals surface area contributed by atoms with Gasteiger partial charge in [0.25, 0.3) is 5.91 Å². The molecule has 36 heavy (non-hydrogen) atoms. The Bertz CT molecular complexity index is 1270. The molecule has 1 unspecified atom stereocenters. The van der Waals surface area contributed by atoms with E-state index in [9.17, 15) is 14.7 Å². The third-order valence-electron chi connectivity index (χ3n) is 6.52. The summed E-state index contributed by atoms with van der Waals surface area (Å²) in [4.78, 5) is 40.4. The molecule has 0 radical (unpaired) electrons. The molecule has 1 aromatic carbocycles. The molecule has 3 aromatic rings. The first-order valence-corrected chi connectivity index (χ1v) is 12.9. The average Bonchev–Trinajstić information content (AvgIpc) is 3.43. The van der Waals surface area contributed by atoms with E-state index in [1.807, 2.05) is 36.4 Å². The van der Waals surface area contributed by atoms with E-state index >= 15 is 0 Å². The second-order valence-corrected chi connectivity index (χ2v) is 9.85. The molecule has 2 aliphatic heterocycles. The number of carbonyl (C=O) groups is 2. The van der Waals surface area contributed by atoms with Crippen LogP contribution < -0.4 is 0 Å². The fourth-order valence-electron chi connectivity index (χ4n) is 4.68. The highest BCUT2D eigenvalue weighted by Gasteiger charge is 2.45. The number of ketones is 1. The molecule has 4 heterocycles. The van der Waals surface area contributed by atoms with Crippen molar-refractivity contribution in [1.82, 2.24) is 19.8 Å². The van der Waals surface area contributed by atoms with Crippen LogP contribution in [0.5, 0.6) is 0 Å². The van der Waals surface area contributed by atoms with E-state index in [-0.39, 0.29) is 11.4 Å². The molecule has 2 aliphatic rings. The minimum atomic E-state index is -0.752. The molecule has 186 valence electrons. The summed E-state index contributed by atoms with van der Waals surface area (Å²) >= 11 is 1.27. The van der Waals surface area contributed by atoms with Crippen molar-refractivity contribution >= 4 is 23.0 Å². The van der Waals surface area contributed by atoms with E-state index in [4.69, 9.17) is 4.74 Å². The molecule has 0 aliphatic carbocycles. The molecule has 1 N–H and O–H groups in total. The van der Waals surface area contributed by atoms with Crippen molar-refractivity contribution < 1.29 is 19.4 Å². The predicted molar refractivity (Wildman–Crippen MR) is 137 cm³/mol. The van der Waals surface area contributed by atoms with Gasteiger partial charge < -0.3 is 14.7 Å². The molecule has 5 rings (SSSR count). The standard InChI is InChI=1S/C27H28N4O4S/c1-18-25(36-26(29-18)19-8-3-2-4-9-19)23(32)21-22(20-10-5-6-11-28-20)31(27(34)24(21)33)13-7-12-30-14-16-35-17-15-30/h2-6,8-11,22,33H,7,12-17H2,1H3. The number of morpholine rings is 1. The number of aryl methyl sites for hydroxylation is 1. The fraction of sp³-hybridized carbons (Fsp3) is 0.333. The second-order valence-electron chi connectivity index (χ2n) is 8.85. The summed E-state index contributed by atoms with van der Waals surface area (Å²) in [7, 11) is 0. The van der Waals surface area contributed by atoms with Gasteiger partial charge in [-0.05, 0) is 25.5 Å². The predicted octanol–water partition coefficient (Wildman–Crippen LogP) is 3.81. The topological polar surface area (TPSA) is 95.9 Å². The number of hydrogen-bond donors (Lipinski definition) is 1. The Morgan fingerprint density at radius 2 is 1.86 bits per heavy atom. The first-order chi connectivity index (χ1) is 17.5. The van der Waals surface area contributed by atoms with Crippen LogP contribution in [0.3, 0.4) is 0 Å². The zero-order chi connectivity index (χ0) is 25.1. The largest absolute Gasteiger partial charge is 0.503 e. The van der Waals surface area contributed by atoms with E-state index in [1.165, 1.54) is 11.3 Å². The summed E-state index contributed by atoms with van der Waals surface area (Å²) < 4.78 is 5.41. The lowest BCUT2D eigenvalue weighted by Gasteiger charge is -2.29. The number of nitrogens with zero attached hydrogens (tertiary/aromatic N) is 4. The van der Waals surface area contributed by atoms with Gasteiger partial charge in [-0.1, -0.05) is 36.4 Å². The van der Waals surface area contributed by atoms with Crippen LogP contribution in [0.2, 0.25) is 0 Å². The Hall–Kier alpha value is -3.40. The monoisotopic (exact) mass is 504 g/mol. The highest BCUT2D eigenvalue weighted by Crippen LogP contribution is 2.40. The SMILES string of the molecule is Cc1nc(-c2ccccc2)sc1C(=O)C1=C(O)C(=O)N(CCCN2CCOCC2)C1c1ccccn1. The number of rotatable bonds is 8. The van der Waals surface area contributed by atoms with Crippen LogP contribution >= 0.6 is 11.3 Å². The smallest absolute Gasteiger partial charge is 0.290 e. The van der Waals surface area contributed by atoms with Gasteiger partial charge in [-0.25, -0.2) is 4.98 Å². The van der Waals surface area contributed by atoms with Crippen LogP contribution in [0, 0.1) is 6.92 Å². The highest BCUT2D eigenvalue weighted by molar-refractivity contribution is 7.17. The van der Waals surface area contributed by atoms with Crippen molar-refractivity contribution in [3.8, 4) is 10.6 Å². The summed E-state index contributed by atoms with van der Waals surface area (Å²) in [5.41, 5.74) is 2.10. The molecule has 1 amide bonds. The van der Waals surface area contributed by atoms with Gasteiger partial charge in [0.15, 0.2) is 5.76 Å². The van der Waals surface area contributed by atoms with Gasteiger partial charge in [0, 0.05) is 37.9 Å². The molecule has 2 aromatic heterocycles. The number of aliphatic hydroxyl groups is 1. The molecular weight excluding hydrogens is 476 g/mol. The minimum absolute atomic E-state index is 0.0661. The lowest BCUT2D eigenvalue weighted by Crippen LogP contribution is -2.39. The van der Waals surface area contributed by atoms with E-state index in [0.29, 0.717) is 42.4 Å². The Morgan fingerprint density at radius 3 is 2.58 bits per heavy atom. The number of Topliss-reactive ketones (excluding diaryl/α,β-unsaturated/α-hetero) is 1. The van der Waals surface area contributed by atoms with E-state index < -0.39 is 17.7 Å². The van der Waals surface area contributed by atoms with Crippen LogP contribution in [0.25, 0.3) is 10.6 Å². The van der Waals surface area contributed by atoms with Crippen molar-refractivity contribution in [2.45, 2.75) is 19.4 Å². The Labute approximate surface area is 213 Å². The number of thiazole rings is 1. The Balaban J connectivity index is 1.44. The average molecular weight is 505 g/mol. The van der Waals surface area contributed by atoms with Crippen molar-refractivity contribution in [1.29, 1.82) is 0 Å². The number of benzene rings is 1. The molecule has 0 spiro atoms. The summed E-state index contributed by atoms with van der Waals surface area (Å²) in [6, 6.07) is 14.3. The fourth-order valence-corrected chi connectivity index (χ4v) is 5.71. The number of hydrogen-bond acceptors (Lipinski definition) is 8. The van der Waals surface area contributed by atoms with Crippen LogP contribution in [0.15, 0.2) is 66.1 Å². The Kier molecular flexibility index (Phi) is 7.22. The van der Waals surface area contributed by atoms with Gasteiger partial charge in [0.2, 0.25) is 5.78 Å². The van der Waals surface area contributed by atoms with Gasteiger partial charge in [-0.2, -0.15) is 0 Å². The first kappa shape index (κ1) is 24.3. The summed E-state index contributed by atoms with van der Waals surface area (Å²) in [6.07, 6.45) is 2.34. The highest BCUT2D eigenvalue weighted by atomic mass is 32.1. The zero-order valence-electron chi connectivity index (χ0n) is 20.1. The molecule has 8 nitrogen and oxygen atoms in total. The van der Waals surface area contributed by atoms with Gasteiger partial charge in [0.1, 0.15) is 11.0 Å². The normalized spacial score (nSPS) is 18.8. The van der Waals surface area contributed by atoms with Gasteiger partial charge >= 0.3 is 0 Å². The lowest BCUT2D eigenvalue weighted by atomic mass is 9.98. The molecule has 1 atom stereocenters. The molecule has 1 saturated heterocycles. The van der Waals surface area contributed by atoms with Crippen molar-refractivity contribution in [3.05, 3.63) is 82.3 Å². The number of amides is 1. The van der Waals surface area contributed by atoms with Crippen LogP contribution in [-0.2, 0) is 9.53 Å². The third-order valence-corrected chi connectivity index (χ3v) is 7.72. The molecule has 9 heteroatoms. The molecule has 1 fully saturated rings. The van der Waals surface area contributed by atoms with Gasteiger partial charge in [-0.3, -0.25) is 19.5 Å². The second kappa shape index (κ2) is 10.7. The van der Waals surface area contributed by atoms with Crippen LogP contribution in [-0.4, -0.2) is 76.0 Å². The molecule has 0 saturated carbocycles. The van der Waals surface area contributed by atoms with E-state index in [1.54, 1.807) is 30.2 Å². The Morgan fingerprint density at radius 1 is 1.11 bits per heavy atom. The van der Waals surface area contributed by atoms with Crippen molar-refractivity contribution in [2.75, 3.05) is 39.4 Å². The van der Waals surface area contributed by atoms with E-state index in [0.717, 1.165) is 30.2 Å². The van der Waals surface area contributed by atoms with E-state index in [2.05, 4.69) is 14.9 Å². The first-order valence-electron chi connectivity index (χ1n) is 12.1. The number of pyridine rings is 1. The van der Waals surface area contributed by atoms with Crippen LogP contribution in [0.4, 0.5) is 0 Å². The summed E-state index contributed by atoms with van der Waals surface area (Å²) in [6.45, 7) is 6.12. The summed E-state index contributed by atoms with van der Waals surface area (Å²) in [5.74, 6) is -1.43. The van der Waals surface area contributed by atoms with Crippen LogP contribution in [0.1, 0.15) is 33.5 Å². The van der Waals surface area contributed by atoms with Crippen molar-refractivity contribution in [3.63, 3.8) is 0 Å². The molecule has 0 bridgehead atoms. The quantitative estimate of drug-likeness (QED) is 0.466. The van der Waals surface area contributed by atoms with Crippen molar-refractivity contribution in [2.24, 2.45) is 0 Å². The maximum atomic E-state index is 13.8. The maximum Gasteiger partial charge on any atom is 0.290 e. The van der Waals surface area contributed by atoms with Gasteiger partial charge in [-0.15, -0.1) is 11.3 Å². The minimum Gasteiger partial charge on any atom is -0.503 e. The number of aromatic nitrogens is 2. The third kappa shape index (κ3) is 4.82. The number of ether oxygens (including phenoxy) is 1. The zero-order valence-corrected chi connectivity index (χ0v) is 20.9. The lowest BCUT2D eigenvalue weighted by molar-refractivity contribution is -0.129.